The Morgan fingerprint density at radius 1 is 1.21 bits per heavy atom. The summed E-state index contributed by atoms with van der Waals surface area (Å²) in [7, 11) is 0. The van der Waals surface area contributed by atoms with Gasteiger partial charge in [0.1, 0.15) is 11.9 Å². The van der Waals surface area contributed by atoms with Gasteiger partial charge in [-0.2, -0.15) is 0 Å². The molecule has 0 spiro atoms. The molecule has 0 radical (unpaired) electrons. The molecule has 0 fully saturated rings. The minimum atomic E-state index is -0.0953. The van der Waals surface area contributed by atoms with E-state index >= 15 is 0 Å². The summed E-state index contributed by atoms with van der Waals surface area (Å²) in [6.07, 6.45) is 1.59. The summed E-state index contributed by atoms with van der Waals surface area (Å²) in [5.74, 6) is 0.890. The second-order valence-electron chi connectivity index (χ2n) is 5.89. The van der Waals surface area contributed by atoms with Gasteiger partial charge in [0.25, 0.3) is 0 Å². The molecule has 1 unspecified atom stereocenters. The van der Waals surface area contributed by atoms with E-state index in [-0.39, 0.29) is 12.0 Å². The Bertz CT molecular complexity index is 700. The Morgan fingerprint density at radius 3 is 2.75 bits per heavy atom. The molecule has 4 heteroatoms. The lowest BCUT2D eigenvalue weighted by atomic mass is 10.1. The van der Waals surface area contributed by atoms with Gasteiger partial charge in [-0.1, -0.05) is 54.6 Å². The first-order chi connectivity index (χ1) is 11.8. The van der Waals surface area contributed by atoms with Crippen LogP contribution >= 0.6 is 0 Å². The van der Waals surface area contributed by atoms with Crippen LogP contribution in [0.1, 0.15) is 17.2 Å². The fourth-order valence-corrected chi connectivity index (χ4v) is 2.89. The van der Waals surface area contributed by atoms with Crippen LogP contribution < -0.4 is 10.1 Å². The quantitative estimate of drug-likeness (QED) is 0.861. The van der Waals surface area contributed by atoms with E-state index in [9.17, 15) is 4.79 Å². The summed E-state index contributed by atoms with van der Waals surface area (Å²) in [6.45, 7) is 5.82. The molecule has 1 atom stereocenters. The molecule has 4 nitrogen and oxygen atoms in total. The van der Waals surface area contributed by atoms with Gasteiger partial charge in [0.05, 0.1) is 6.54 Å². The number of carbonyl (C=O) groups is 1. The van der Waals surface area contributed by atoms with E-state index in [4.69, 9.17) is 4.74 Å². The fraction of sp³-hybridized carbons (Fsp3) is 0.250. The molecule has 1 amide bonds. The zero-order valence-electron chi connectivity index (χ0n) is 13.7. The molecule has 3 rings (SSSR count). The molecule has 2 aromatic carbocycles. The molecule has 1 aliphatic rings. The first-order valence-electron chi connectivity index (χ1n) is 8.15. The molecular weight excluding hydrogens is 300 g/mol. The Balaban J connectivity index is 1.82. The van der Waals surface area contributed by atoms with Crippen LogP contribution in [0.15, 0.2) is 67.3 Å². The average molecular weight is 322 g/mol. The highest BCUT2D eigenvalue weighted by atomic mass is 16.5. The van der Waals surface area contributed by atoms with Crippen molar-refractivity contribution < 1.29 is 9.53 Å². The number of amides is 1. The van der Waals surface area contributed by atoms with E-state index in [2.05, 4.69) is 35.0 Å². The second kappa shape index (κ2) is 7.79. The van der Waals surface area contributed by atoms with Crippen molar-refractivity contribution in [1.29, 1.82) is 0 Å². The van der Waals surface area contributed by atoms with Crippen molar-refractivity contribution in [3.05, 3.63) is 78.4 Å². The summed E-state index contributed by atoms with van der Waals surface area (Å²) in [6, 6.07) is 18.2. The molecule has 0 saturated heterocycles. The van der Waals surface area contributed by atoms with Crippen molar-refractivity contribution in [3.63, 3.8) is 0 Å². The molecule has 1 aliphatic heterocycles. The summed E-state index contributed by atoms with van der Waals surface area (Å²) < 4.78 is 6.25. The van der Waals surface area contributed by atoms with Crippen molar-refractivity contribution in [2.75, 3.05) is 19.6 Å². The molecule has 2 aromatic rings. The third-order valence-electron chi connectivity index (χ3n) is 4.04. The van der Waals surface area contributed by atoms with Crippen molar-refractivity contribution in [2.24, 2.45) is 0 Å². The average Bonchev–Trinajstić information content (AvgIpc) is 2.79. The van der Waals surface area contributed by atoms with E-state index < -0.39 is 0 Å². The predicted octanol–water partition coefficient (Wildman–Crippen LogP) is 2.92. The Hall–Kier alpha value is -2.59. The standard InChI is InChI=1S/C20H22N2O2/c1-2-12-21-20(23)15-22-13-17-10-6-7-11-18(17)24-19(14-22)16-8-4-3-5-9-16/h2-11,19H,1,12-15H2,(H,21,23). The van der Waals surface area contributed by atoms with Gasteiger partial charge in [0, 0.05) is 25.2 Å². The van der Waals surface area contributed by atoms with Crippen LogP contribution in [0.2, 0.25) is 0 Å². The van der Waals surface area contributed by atoms with E-state index in [1.54, 1.807) is 6.08 Å². The highest BCUT2D eigenvalue weighted by Crippen LogP contribution is 2.30. The Labute approximate surface area is 142 Å². The molecule has 24 heavy (non-hydrogen) atoms. The fourth-order valence-electron chi connectivity index (χ4n) is 2.89. The lowest BCUT2D eigenvalue weighted by Gasteiger charge is -2.23. The minimum absolute atomic E-state index is 0.00101. The third-order valence-corrected chi connectivity index (χ3v) is 4.04. The van der Waals surface area contributed by atoms with E-state index in [1.807, 2.05) is 36.4 Å². The van der Waals surface area contributed by atoms with Crippen LogP contribution in [0.5, 0.6) is 5.75 Å². The summed E-state index contributed by atoms with van der Waals surface area (Å²) in [5.41, 5.74) is 2.22. The smallest absolute Gasteiger partial charge is 0.234 e. The van der Waals surface area contributed by atoms with Crippen molar-refractivity contribution in [3.8, 4) is 5.75 Å². The molecule has 0 aliphatic carbocycles. The van der Waals surface area contributed by atoms with Gasteiger partial charge in [-0.05, 0) is 11.6 Å². The summed E-state index contributed by atoms with van der Waals surface area (Å²) in [4.78, 5) is 14.2. The number of nitrogens with zero attached hydrogens (tertiary/aromatic N) is 1. The van der Waals surface area contributed by atoms with Crippen molar-refractivity contribution >= 4 is 5.91 Å². The lowest BCUT2D eigenvalue weighted by Crippen LogP contribution is -2.38. The highest BCUT2D eigenvalue weighted by molar-refractivity contribution is 5.78. The molecule has 0 saturated carbocycles. The molecule has 1 N–H and O–H groups in total. The number of rotatable bonds is 5. The summed E-state index contributed by atoms with van der Waals surface area (Å²) in [5, 5.41) is 2.84. The molecule has 0 aromatic heterocycles. The van der Waals surface area contributed by atoms with Crippen LogP contribution in [0.3, 0.4) is 0 Å². The SMILES string of the molecule is C=CCNC(=O)CN1Cc2ccccc2OC(c2ccccc2)C1. The van der Waals surface area contributed by atoms with Gasteiger partial charge in [0.15, 0.2) is 0 Å². The first-order valence-corrected chi connectivity index (χ1v) is 8.15. The van der Waals surface area contributed by atoms with Crippen LogP contribution in [0.4, 0.5) is 0 Å². The number of benzene rings is 2. The van der Waals surface area contributed by atoms with Gasteiger partial charge in [-0.3, -0.25) is 9.69 Å². The number of para-hydroxylation sites is 1. The van der Waals surface area contributed by atoms with Gasteiger partial charge in [0.2, 0.25) is 5.91 Å². The maximum Gasteiger partial charge on any atom is 0.234 e. The first kappa shape index (κ1) is 16.3. The van der Waals surface area contributed by atoms with Gasteiger partial charge in [-0.15, -0.1) is 6.58 Å². The molecule has 124 valence electrons. The van der Waals surface area contributed by atoms with Crippen LogP contribution in [0.25, 0.3) is 0 Å². The lowest BCUT2D eigenvalue weighted by molar-refractivity contribution is -0.122. The molecule has 1 heterocycles. The predicted molar refractivity (Wildman–Crippen MR) is 94.7 cm³/mol. The van der Waals surface area contributed by atoms with Crippen LogP contribution in [-0.4, -0.2) is 30.4 Å². The number of ether oxygens (including phenoxy) is 1. The second-order valence-corrected chi connectivity index (χ2v) is 5.89. The molecule has 0 bridgehead atoms. The maximum absolute atomic E-state index is 12.1. The van der Waals surface area contributed by atoms with Crippen molar-refractivity contribution in [2.45, 2.75) is 12.6 Å². The minimum Gasteiger partial charge on any atom is -0.484 e. The van der Waals surface area contributed by atoms with E-state index in [0.717, 1.165) is 16.9 Å². The van der Waals surface area contributed by atoms with Crippen LogP contribution in [-0.2, 0) is 11.3 Å². The number of hydrogen-bond acceptors (Lipinski definition) is 3. The number of carbonyl (C=O) groups excluding carboxylic acids is 1. The van der Waals surface area contributed by atoms with E-state index in [0.29, 0.717) is 26.2 Å². The highest BCUT2D eigenvalue weighted by Gasteiger charge is 2.25. The molecular formula is C20H22N2O2. The topological polar surface area (TPSA) is 41.6 Å². The Morgan fingerprint density at radius 2 is 1.96 bits per heavy atom. The number of fused-ring (bicyclic) bond motifs is 1. The van der Waals surface area contributed by atoms with Gasteiger partial charge in [-0.25, -0.2) is 0 Å². The number of nitrogens with one attached hydrogen (secondary N) is 1. The van der Waals surface area contributed by atoms with Gasteiger partial charge >= 0.3 is 0 Å². The van der Waals surface area contributed by atoms with E-state index in [1.165, 1.54) is 0 Å². The zero-order chi connectivity index (χ0) is 16.8. The normalized spacial score (nSPS) is 17.2. The van der Waals surface area contributed by atoms with Crippen molar-refractivity contribution in [1.82, 2.24) is 10.2 Å². The number of hydrogen-bond donors (Lipinski definition) is 1. The monoisotopic (exact) mass is 322 g/mol. The maximum atomic E-state index is 12.1. The third kappa shape index (κ3) is 4.03. The summed E-state index contributed by atoms with van der Waals surface area (Å²) >= 11 is 0. The Kier molecular flexibility index (Phi) is 5.29. The van der Waals surface area contributed by atoms with Gasteiger partial charge < -0.3 is 10.1 Å². The largest absolute Gasteiger partial charge is 0.484 e. The zero-order valence-corrected chi connectivity index (χ0v) is 13.7. The van der Waals surface area contributed by atoms with Crippen LogP contribution in [0, 0.1) is 0 Å².